The molecule has 1 aliphatic heterocycles. The lowest BCUT2D eigenvalue weighted by atomic mass is 9.94. The first-order valence-corrected chi connectivity index (χ1v) is 10.7. The van der Waals surface area contributed by atoms with Crippen LogP contribution in [0.25, 0.3) is 16.8 Å². The molecule has 1 saturated heterocycles. The van der Waals surface area contributed by atoms with Crippen LogP contribution >= 0.6 is 0 Å². The van der Waals surface area contributed by atoms with Crippen molar-refractivity contribution in [3.05, 3.63) is 48.3 Å². The van der Waals surface area contributed by atoms with Gasteiger partial charge >= 0.3 is 0 Å². The summed E-state index contributed by atoms with van der Waals surface area (Å²) in [5, 5.41) is 4.83. The predicted molar refractivity (Wildman–Crippen MR) is 114 cm³/mol. The van der Waals surface area contributed by atoms with E-state index < -0.39 is 0 Å². The zero-order valence-electron chi connectivity index (χ0n) is 16.7. The first kappa shape index (κ1) is 17.7. The van der Waals surface area contributed by atoms with Crippen molar-refractivity contribution in [3.63, 3.8) is 0 Å². The summed E-state index contributed by atoms with van der Waals surface area (Å²) in [5.41, 5.74) is 4.57. The van der Waals surface area contributed by atoms with Crippen molar-refractivity contribution in [2.45, 2.75) is 45.1 Å². The van der Waals surface area contributed by atoms with E-state index >= 15 is 0 Å². The van der Waals surface area contributed by atoms with Crippen LogP contribution in [-0.2, 0) is 0 Å². The Morgan fingerprint density at radius 3 is 2.54 bits per heavy atom. The zero-order valence-corrected chi connectivity index (χ0v) is 16.7. The summed E-state index contributed by atoms with van der Waals surface area (Å²) in [7, 11) is 0. The van der Waals surface area contributed by atoms with E-state index in [2.05, 4.69) is 47.1 Å². The van der Waals surface area contributed by atoms with Crippen LogP contribution in [-0.4, -0.2) is 51.7 Å². The van der Waals surface area contributed by atoms with Gasteiger partial charge in [0.1, 0.15) is 5.52 Å². The Balaban J connectivity index is 1.38. The second-order valence-corrected chi connectivity index (χ2v) is 8.24. The Bertz CT molecular complexity index is 949. The second-order valence-electron chi connectivity index (χ2n) is 8.24. The van der Waals surface area contributed by atoms with Gasteiger partial charge < -0.3 is 4.90 Å². The molecule has 0 spiro atoms. The third kappa shape index (κ3) is 3.28. The fraction of sp³-hybridized carbons (Fsp3) is 0.478. The van der Waals surface area contributed by atoms with E-state index in [0.29, 0.717) is 0 Å². The van der Waals surface area contributed by atoms with Crippen molar-refractivity contribution in [1.82, 2.24) is 19.5 Å². The highest BCUT2D eigenvalue weighted by molar-refractivity contribution is 5.76. The molecule has 3 aromatic rings. The number of anilines is 1. The van der Waals surface area contributed by atoms with E-state index in [0.717, 1.165) is 49.2 Å². The van der Waals surface area contributed by atoms with Crippen LogP contribution in [0.15, 0.2) is 42.7 Å². The number of rotatable bonds is 3. The van der Waals surface area contributed by atoms with Crippen LogP contribution in [0.5, 0.6) is 0 Å². The maximum absolute atomic E-state index is 4.83. The molecule has 0 atom stereocenters. The van der Waals surface area contributed by atoms with E-state index in [-0.39, 0.29) is 0 Å². The molecule has 0 N–H and O–H groups in total. The number of benzene rings is 1. The average molecular weight is 376 g/mol. The molecule has 2 aliphatic rings. The monoisotopic (exact) mass is 375 g/mol. The fourth-order valence-electron chi connectivity index (χ4n) is 4.89. The molecule has 28 heavy (non-hydrogen) atoms. The van der Waals surface area contributed by atoms with Gasteiger partial charge in [-0.05, 0) is 31.4 Å². The number of aryl methyl sites for hydroxylation is 1. The predicted octanol–water partition coefficient (Wildman–Crippen LogP) is 4.16. The van der Waals surface area contributed by atoms with Crippen molar-refractivity contribution in [3.8, 4) is 11.3 Å². The largest absolute Gasteiger partial charge is 0.352 e. The van der Waals surface area contributed by atoms with Gasteiger partial charge in [-0.3, -0.25) is 4.90 Å². The lowest BCUT2D eigenvalue weighted by molar-refractivity contribution is 0.148. The van der Waals surface area contributed by atoms with Gasteiger partial charge in [-0.15, -0.1) is 0 Å². The number of aromatic nitrogens is 3. The highest BCUT2D eigenvalue weighted by atomic mass is 15.3. The van der Waals surface area contributed by atoms with Crippen LogP contribution < -0.4 is 4.90 Å². The molecule has 2 fully saturated rings. The highest BCUT2D eigenvalue weighted by Gasteiger charge is 2.26. The second kappa shape index (κ2) is 7.55. The molecule has 146 valence electrons. The molecule has 0 unspecified atom stereocenters. The van der Waals surface area contributed by atoms with Crippen molar-refractivity contribution >= 4 is 11.3 Å². The molecule has 0 amide bonds. The normalized spacial score (nSPS) is 19.4. The van der Waals surface area contributed by atoms with Gasteiger partial charge in [0.15, 0.2) is 5.82 Å². The van der Waals surface area contributed by atoms with Crippen LogP contribution in [0.2, 0.25) is 0 Å². The van der Waals surface area contributed by atoms with E-state index in [9.17, 15) is 0 Å². The molecule has 0 radical (unpaired) electrons. The van der Waals surface area contributed by atoms with Crippen LogP contribution in [0.4, 0.5) is 5.82 Å². The maximum atomic E-state index is 4.83. The molecular weight excluding hydrogens is 346 g/mol. The summed E-state index contributed by atoms with van der Waals surface area (Å²) in [5.74, 6) is 1.07. The van der Waals surface area contributed by atoms with Gasteiger partial charge in [-0.25, -0.2) is 9.50 Å². The standard InChI is InChI=1S/C23H29N5/c1-18-7-5-6-10-20(18)21-17-22-23(24-11-12-28(22)25-21)27-15-13-26(14-16-27)19-8-3-2-4-9-19/h5-7,10-12,17,19H,2-4,8-9,13-16H2,1H3. The molecule has 5 nitrogen and oxygen atoms in total. The van der Waals surface area contributed by atoms with Crippen molar-refractivity contribution in [2.75, 3.05) is 31.1 Å². The number of nitrogens with zero attached hydrogens (tertiary/aromatic N) is 5. The number of hydrogen-bond acceptors (Lipinski definition) is 4. The number of fused-ring (bicyclic) bond motifs is 1. The SMILES string of the molecule is Cc1ccccc1-c1cc2c(N3CCN(C4CCCCC4)CC3)nccn2n1. The summed E-state index contributed by atoms with van der Waals surface area (Å²) < 4.78 is 1.98. The topological polar surface area (TPSA) is 36.7 Å². The van der Waals surface area contributed by atoms with Crippen LogP contribution in [0.3, 0.4) is 0 Å². The summed E-state index contributed by atoms with van der Waals surface area (Å²) in [4.78, 5) is 9.90. The Hall–Kier alpha value is -2.40. The minimum atomic E-state index is 0.808. The van der Waals surface area contributed by atoms with Gasteiger partial charge in [-0.2, -0.15) is 5.10 Å². The summed E-state index contributed by atoms with van der Waals surface area (Å²) in [6.07, 6.45) is 10.8. The number of hydrogen-bond donors (Lipinski definition) is 0. The summed E-state index contributed by atoms with van der Waals surface area (Å²) >= 11 is 0. The van der Waals surface area contributed by atoms with Gasteiger partial charge in [0.05, 0.1) is 5.69 Å². The van der Waals surface area contributed by atoms with Gasteiger partial charge in [0, 0.05) is 50.2 Å². The minimum absolute atomic E-state index is 0.808. The Morgan fingerprint density at radius 2 is 1.75 bits per heavy atom. The Labute approximate surface area is 167 Å². The molecule has 2 aromatic heterocycles. The molecule has 0 bridgehead atoms. The third-order valence-electron chi connectivity index (χ3n) is 6.50. The maximum Gasteiger partial charge on any atom is 0.154 e. The first-order valence-electron chi connectivity index (χ1n) is 10.7. The van der Waals surface area contributed by atoms with Gasteiger partial charge in [0.25, 0.3) is 0 Å². The molecule has 1 saturated carbocycles. The molecule has 1 aromatic carbocycles. The zero-order chi connectivity index (χ0) is 18.9. The number of piperazine rings is 1. The minimum Gasteiger partial charge on any atom is -0.352 e. The lowest BCUT2D eigenvalue weighted by Crippen LogP contribution is -2.51. The summed E-state index contributed by atoms with van der Waals surface area (Å²) in [6, 6.07) is 11.4. The van der Waals surface area contributed by atoms with Crippen molar-refractivity contribution < 1.29 is 0 Å². The van der Waals surface area contributed by atoms with E-state index in [4.69, 9.17) is 10.1 Å². The van der Waals surface area contributed by atoms with E-state index in [1.807, 2.05) is 16.9 Å². The smallest absolute Gasteiger partial charge is 0.154 e. The van der Waals surface area contributed by atoms with Gasteiger partial charge in [-0.1, -0.05) is 43.5 Å². The molecule has 1 aliphatic carbocycles. The van der Waals surface area contributed by atoms with Crippen LogP contribution in [0.1, 0.15) is 37.7 Å². The lowest BCUT2D eigenvalue weighted by Gasteiger charge is -2.41. The van der Waals surface area contributed by atoms with E-state index in [1.54, 1.807) is 0 Å². The van der Waals surface area contributed by atoms with E-state index in [1.165, 1.54) is 43.2 Å². The third-order valence-corrected chi connectivity index (χ3v) is 6.50. The van der Waals surface area contributed by atoms with Crippen molar-refractivity contribution in [1.29, 1.82) is 0 Å². The Kier molecular flexibility index (Phi) is 4.77. The molecular formula is C23H29N5. The first-order chi connectivity index (χ1) is 13.8. The molecule has 5 rings (SSSR count). The van der Waals surface area contributed by atoms with Crippen molar-refractivity contribution in [2.24, 2.45) is 0 Å². The quantitative estimate of drug-likeness (QED) is 0.689. The highest BCUT2D eigenvalue weighted by Crippen LogP contribution is 2.29. The average Bonchev–Trinajstić information content (AvgIpc) is 3.19. The fourth-order valence-corrected chi connectivity index (χ4v) is 4.89. The molecule has 3 heterocycles. The Morgan fingerprint density at radius 1 is 0.964 bits per heavy atom. The molecule has 5 heteroatoms. The summed E-state index contributed by atoms with van der Waals surface area (Å²) in [6.45, 7) is 6.53. The van der Waals surface area contributed by atoms with Crippen LogP contribution in [0, 0.1) is 6.92 Å². The van der Waals surface area contributed by atoms with Gasteiger partial charge in [0.2, 0.25) is 0 Å².